The first-order valence-electron chi connectivity index (χ1n) is 7.46. The van der Waals surface area contributed by atoms with Crippen molar-refractivity contribution in [1.29, 1.82) is 0 Å². The molecule has 2 aromatic rings. The second kappa shape index (κ2) is 5.94. The molecule has 1 aromatic carbocycles. The third kappa shape index (κ3) is 3.09. The lowest BCUT2D eigenvalue weighted by molar-refractivity contribution is -0.147. The molecule has 2 heterocycles. The molecule has 23 heavy (non-hydrogen) atoms. The minimum Gasteiger partial charge on any atom is -0.481 e. The molecule has 1 aliphatic rings. The van der Waals surface area contributed by atoms with Crippen LogP contribution in [0, 0.1) is 5.41 Å². The van der Waals surface area contributed by atoms with Crippen LogP contribution in [0.3, 0.4) is 0 Å². The van der Waals surface area contributed by atoms with Crippen molar-refractivity contribution in [2.75, 3.05) is 13.1 Å². The SMILES string of the molecule is CC(c1nc(-c2ccc(Cl)cc2)no1)N1CCC(C)(C(=O)O)C1. The van der Waals surface area contributed by atoms with E-state index in [4.69, 9.17) is 16.1 Å². The van der Waals surface area contributed by atoms with Gasteiger partial charge in [0.1, 0.15) is 0 Å². The van der Waals surface area contributed by atoms with Gasteiger partial charge in [-0.15, -0.1) is 0 Å². The predicted octanol–water partition coefficient (Wildman–Crippen LogP) is 3.25. The summed E-state index contributed by atoms with van der Waals surface area (Å²) < 4.78 is 5.37. The number of benzene rings is 1. The number of hydrogen-bond acceptors (Lipinski definition) is 5. The van der Waals surface area contributed by atoms with Gasteiger partial charge >= 0.3 is 5.97 Å². The fourth-order valence-electron chi connectivity index (χ4n) is 2.78. The molecule has 0 radical (unpaired) electrons. The van der Waals surface area contributed by atoms with Gasteiger partial charge < -0.3 is 9.63 Å². The second-order valence-corrected chi connectivity index (χ2v) is 6.66. The van der Waals surface area contributed by atoms with Gasteiger partial charge in [-0.1, -0.05) is 16.8 Å². The fourth-order valence-corrected chi connectivity index (χ4v) is 2.91. The van der Waals surface area contributed by atoms with E-state index in [1.807, 2.05) is 19.1 Å². The van der Waals surface area contributed by atoms with Gasteiger partial charge in [0.15, 0.2) is 0 Å². The van der Waals surface area contributed by atoms with Crippen LogP contribution >= 0.6 is 11.6 Å². The largest absolute Gasteiger partial charge is 0.481 e. The Morgan fingerprint density at radius 2 is 2.13 bits per heavy atom. The number of likely N-dealkylation sites (tertiary alicyclic amines) is 1. The van der Waals surface area contributed by atoms with Crippen LogP contribution in [0.5, 0.6) is 0 Å². The van der Waals surface area contributed by atoms with Gasteiger partial charge in [-0.05, 0) is 44.5 Å². The lowest BCUT2D eigenvalue weighted by atomic mass is 9.90. The van der Waals surface area contributed by atoms with Crippen LogP contribution in [-0.4, -0.2) is 39.2 Å². The molecule has 3 rings (SSSR count). The van der Waals surface area contributed by atoms with Crippen LogP contribution in [0.15, 0.2) is 28.8 Å². The molecule has 122 valence electrons. The first-order valence-corrected chi connectivity index (χ1v) is 7.84. The lowest BCUT2D eigenvalue weighted by Crippen LogP contribution is -2.33. The van der Waals surface area contributed by atoms with Crippen LogP contribution < -0.4 is 0 Å². The van der Waals surface area contributed by atoms with Crippen molar-refractivity contribution < 1.29 is 14.4 Å². The summed E-state index contributed by atoms with van der Waals surface area (Å²) in [4.78, 5) is 17.9. The number of aromatic nitrogens is 2. The molecule has 2 atom stereocenters. The maximum absolute atomic E-state index is 11.4. The van der Waals surface area contributed by atoms with E-state index in [2.05, 4.69) is 15.0 Å². The molecule has 1 aromatic heterocycles. The molecule has 0 spiro atoms. The number of nitrogens with zero attached hydrogens (tertiary/aromatic N) is 3. The Morgan fingerprint density at radius 3 is 2.74 bits per heavy atom. The second-order valence-electron chi connectivity index (χ2n) is 6.23. The highest BCUT2D eigenvalue weighted by Crippen LogP contribution is 2.35. The van der Waals surface area contributed by atoms with Gasteiger partial charge in [0.25, 0.3) is 0 Å². The summed E-state index contributed by atoms with van der Waals surface area (Å²) in [5.41, 5.74) is 0.112. The van der Waals surface area contributed by atoms with Crippen molar-refractivity contribution in [3.05, 3.63) is 35.2 Å². The number of carboxylic acids is 1. The molecule has 1 N–H and O–H groups in total. The monoisotopic (exact) mass is 335 g/mol. The summed E-state index contributed by atoms with van der Waals surface area (Å²) in [7, 11) is 0. The summed E-state index contributed by atoms with van der Waals surface area (Å²) >= 11 is 5.87. The summed E-state index contributed by atoms with van der Waals surface area (Å²) in [5, 5.41) is 14.0. The zero-order chi connectivity index (χ0) is 16.6. The Hall–Kier alpha value is -1.92. The minimum absolute atomic E-state index is 0.121. The topological polar surface area (TPSA) is 79.5 Å². The maximum Gasteiger partial charge on any atom is 0.310 e. The van der Waals surface area contributed by atoms with E-state index in [1.165, 1.54) is 0 Å². The van der Waals surface area contributed by atoms with E-state index in [0.29, 0.717) is 36.2 Å². The van der Waals surface area contributed by atoms with Gasteiger partial charge in [-0.2, -0.15) is 4.98 Å². The zero-order valence-electron chi connectivity index (χ0n) is 13.0. The van der Waals surface area contributed by atoms with Crippen molar-refractivity contribution in [3.8, 4) is 11.4 Å². The van der Waals surface area contributed by atoms with Crippen molar-refractivity contribution in [2.45, 2.75) is 26.3 Å². The van der Waals surface area contributed by atoms with Crippen molar-refractivity contribution >= 4 is 17.6 Å². The quantitative estimate of drug-likeness (QED) is 0.923. The van der Waals surface area contributed by atoms with Gasteiger partial charge in [-0.3, -0.25) is 9.69 Å². The van der Waals surface area contributed by atoms with Gasteiger partial charge in [0, 0.05) is 23.7 Å². The van der Waals surface area contributed by atoms with E-state index >= 15 is 0 Å². The first-order chi connectivity index (χ1) is 10.9. The van der Waals surface area contributed by atoms with Crippen molar-refractivity contribution in [3.63, 3.8) is 0 Å². The molecule has 1 saturated heterocycles. The minimum atomic E-state index is -0.764. The molecule has 0 aliphatic carbocycles. The molecule has 7 heteroatoms. The Balaban J connectivity index is 1.75. The van der Waals surface area contributed by atoms with Crippen LogP contribution in [-0.2, 0) is 4.79 Å². The fraction of sp³-hybridized carbons (Fsp3) is 0.438. The molecule has 0 amide bonds. The van der Waals surface area contributed by atoms with E-state index in [9.17, 15) is 9.90 Å². The molecule has 0 saturated carbocycles. The van der Waals surface area contributed by atoms with Crippen LogP contribution in [0.4, 0.5) is 0 Å². The highest BCUT2D eigenvalue weighted by molar-refractivity contribution is 6.30. The highest BCUT2D eigenvalue weighted by Gasteiger charge is 2.42. The zero-order valence-corrected chi connectivity index (χ0v) is 13.7. The number of rotatable bonds is 4. The summed E-state index contributed by atoms with van der Waals surface area (Å²) in [6.07, 6.45) is 0.616. The summed E-state index contributed by atoms with van der Waals surface area (Å²) in [6, 6.07) is 7.09. The van der Waals surface area contributed by atoms with E-state index in [1.54, 1.807) is 19.1 Å². The highest BCUT2D eigenvalue weighted by atomic mass is 35.5. The number of carboxylic acid groups (broad SMARTS) is 1. The van der Waals surface area contributed by atoms with E-state index in [0.717, 1.165) is 5.56 Å². The normalized spacial score (nSPS) is 23.1. The third-order valence-electron chi connectivity index (χ3n) is 4.47. The average Bonchev–Trinajstić information content (AvgIpc) is 3.15. The molecular weight excluding hydrogens is 318 g/mol. The molecule has 1 aliphatic heterocycles. The van der Waals surface area contributed by atoms with Crippen molar-refractivity contribution in [1.82, 2.24) is 15.0 Å². The summed E-state index contributed by atoms with van der Waals surface area (Å²) in [6.45, 7) is 4.90. The molecule has 1 fully saturated rings. The standard InChI is InChI=1S/C16H18ClN3O3/c1-10(20-8-7-16(2,9-20)15(21)22)14-18-13(19-23-14)11-3-5-12(17)6-4-11/h3-6,10H,7-9H2,1-2H3,(H,21,22). The molecule has 6 nitrogen and oxygen atoms in total. The molecule has 2 unspecified atom stereocenters. The molecule has 0 bridgehead atoms. The Morgan fingerprint density at radius 1 is 1.43 bits per heavy atom. The van der Waals surface area contributed by atoms with E-state index in [-0.39, 0.29) is 6.04 Å². The van der Waals surface area contributed by atoms with E-state index < -0.39 is 11.4 Å². The average molecular weight is 336 g/mol. The predicted molar refractivity (Wildman–Crippen MR) is 85.1 cm³/mol. The summed E-state index contributed by atoms with van der Waals surface area (Å²) in [5.74, 6) is 0.230. The van der Waals surface area contributed by atoms with Crippen LogP contribution in [0.1, 0.15) is 32.2 Å². The lowest BCUT2D eigenvalue weighted by Gasteiger charge is -2.23. The first kappa shape index (κ1) is 16.0. The maximum atomic E-state index is 11.4. The Bertz CT molecular complexity index is 716. The number of hydrogen-bond donors (Lipinski definition) is 1. The third-order valence-corrected chi connectivity index (χ3v) is 4.72. The molecular formula is C16H18ClN3O3. The Kier molecular flexibility index (Phi) is 4.12. The van der Waals surface area contributed by atoms with Crippen molar-refractivity contribution in [2.24, 2.45) is 5.41 Å². The van der Waals surface area contributed by atoms with Gasteiger partial charge in [0.2, 0.25) is 11.7 Å². The smallest absolute Gasteiger partial charge is 0.310 e. The van der Waals surface area contributed by atoms with Crippen LogP contribution in [0.2, 0.25) is 5.02 Å². The van der Waals surface area contributed by atoms with Gasteiger partial charge in [-0.25, -0.2) is 0 Å². The Labute approximate surface area is 139 Å². The van der Waals surface area contributed by atoms with Crippen LogP contribution in [0.25, 0.3) is 11.4 Å². The number of halogens is 1. The van der Waals surface area contributed by atoms with Gasteiger partial charge in [0.05, 0.1) is 11.5 Å². The number of carbonyl (C=O) groups is 1. The number of aliphatic carboxylic acids is 1.